The highest BCUT2D eigenvalue weighted by molar-refractivity contribution is 5.76. The molecule has 0 saturated carbocycles. The molecule has 96 valence electrons. The maximum atomic E-state index is 12.0. The Hall–Kier alpha value is -2.36. The zero-order chi connectivity index (χ0) is 13.4. The average Bonchev–Trinajstić information content (AvgIpc) is 2.84. The maximum Gasteiger partial charge on any atom is 0.272 e. The van der Waals surface area contributed by atoms with E-state index in [4.69, 9.17) is 0 Å². The van der Waals surface area contributed by atoms with Crippen LogP contribution in [0, 0.1) is 0 Å². The highest BCUT2D eigenvalue weighted by atomic mass is 16.1. The van der Waals surface area contributed by atoms with Gasteiger partial charge in [0.1, 0.15) is 0 Å². The highest BCUT2D eigenvalue weighted by Gasteiger charge is 2.11. The summed E-state index contributed by atoms with van der Waals surface area (Å²) in [7, 11) is 0. The minimum atomic E-state index is -0.0733. The Labute approximate surface area is 110 Å². The number of H-pyrrole nitrogens is 1. The van der Waals surface area contributed by atoms with Crippen molar-refractivity contribution in [2.75, 3.05) is 0 Å². The van der Waals surface area contributed by atoms with E-state index in [-0.39, 0.29) is 11.5 Å². The topological polar surface area (TPSA) is 50.2 Å². The molecule has 4 nitrogen and oxygen atoms in total. The van der Waals surface area contributed by atoms with Crippen molar-refractivity contribution in [1.29, 1.82) is 0 Å². The van der Waals surface area contributed by atoms with Crippen LogP contribution in [0.2, 0.25) is 0 Å². The molecular formula is C15H15N3O. The summed E-state index contributed by atoms with van der Waals surface area (Å²) in [6.45, 7) is 4.07. The SMILES string of the molecule is CC(C)c1cc(=O)n2[nH]cc(-c3ccccc3)c2n1. The second-order valence-corrected chi connectivity index (χ2v) is 4.89. The molecule has 0 bridgehead atoms. The van der Waals surface area contributed by atoms with Crippen LogP contribution >= 0.6 is 0 Å². The summed E-state index contributed by atoms with van der Waals surface area (Å²) in [4.78, 5) is 16.6. The van der Waals surface area contributed by atoms with E-state index in [1.807, 2.05) is 50.4 Å². The molecule has 0 saturated heterocycles. The predicted octanol–water partition coefficient (Wildman–Crippen LogP) is 2.81. The van der Waals surface area contributed by atoms with Crippen LogP contribution in [-0.4, -0.2) is 14.6 Å². The number of nitrogens with one attached hydrogen (secondary N) is 1. The lowest BCUT2D eigenvalue weighted by atomic mass is 10.1. The molecule has 3 rings (SSSR count). The second kappa shape index (κ2) is 4.39. The van der Waals surface area contributed by atoms with Gasteiger partial charge in [-0.15, -0.1) is 0 Å². The van der Waals surface area contributed by atoms with E-state index in [0.717, 1.165) is 16.8 Å². The predicted molar refractivity (Wildman–Crippen MR) is 75.3 cm³/mol. The van der Waals surface area contributed by atoms with Gasteiger partial charge in [-0.1, -0.05) is 44.2 Å². The van der Waals surface area contributed by atoms with Gasteiger partial charge in [0.2, 0.25) is 0 Å². The molecule has 0 aliphatic carbocycles. The standard InChI is InChI=1S/C15H15N3O/c1-10(2)13-8-14(19)18-15(17-13)12(9-16-18)11-6-4-3-5-7-11/h3-10,16H,1-2H3. The molecule has 0 amide bonds. The molecule has 19 heavy (non-hydrogen) atoms. The lowest BCUT2D eigenvalue weighted by Crippen LogP contribution is -2.16. The summed E-state index contributed by atoms with van der Waals surface area (Å²) < 4.78 is 1.48. The van der Waals surface area contributed by atoms with E-state index in [1.54, 1.807) is 6.07 Å². The molecule has 0 aliphatic rings. The molecule has 3 aromatic rings. The summed E-state index contributed by atoms with van der Waals surface area (Å²) >= 11 is 0. The van der Waals surface area contributed by atoms with Gasteiger partial charge in [-0.3, -0.25) is 9.89 Å². The third-order valence-corrected chi connectivity index (χ3v) is 3.19. The van der Waals surface area contributed by atoms with E-state index < -0.39 is 0 Å². The Kier molecular flexibility index (Phi) is 2.71. The van der Waals surface area contributed by atoms with Gasteiger partial charge >= 0.3 is 0 Å². The molecule has 2 heterocycles. The van der Waals surface area contributed by atoms with Gasteiger partial charge in [0.15, 0.2) is 5.65 Å². The Morgan fingerprint density at radius 1 is 1.21 bits per heavy atom. The van der Waals surface area contributed by atoms with Gasteiger partial charge in [0.25, 0.3) is 5.56 Å². The Morgan fingerprint density at radius 2 is 1.95 bits per heavy atom. The zero-order valence-electron chi connectivity index (χ0n) is 10.9. The Balaban J connectivity index is 2.31. The first-order valence-electron chi connectivity index (χ1n) is 6.33. The Morgan fingerprint density at radius 3 is 2.63 bits per heavy atom. The number of hydrogen-bond acceptors (Lipinski definition) is 2. The normalized spacial score (nSPS) is 11.3. The summed E-state index contributed by atoms with van der Waals surface area (Å²) in [5.74, 6) is 0.233. The second-order valence-electron chi connectivity index (χ2n) is 4.89. The van der Waals surface area contributed by atoms with Crippen molar-refractivity contribution in [2.24, 2.45) is 0 Å². The van der Waals surface area contributed by atoms with Crippen LogP contribution in [0.5, 0.6) is 0 Å². The van der Waals surface area contributed by atoms with Gasteiger partial charge in [-0.2, -0.15) is 0 Å². The van der Waals surface area contributed by atoms with Crippen LogP contribution in [0.4, 0.5) is 0 Å². The van der Waals surface area contributed by atoms with Crippen molar-refractivity contribution in [3.63, 3.8) is 0 Å². The van der Waals surface area contributed by atoms with Crippen LogP contribution in [0.25, 0.3) is 16.8 Å². The van der Waals surface area contributed by atoms with Crippen LogP contribution in [0.3, 0.4) is 0 Å². The van der Waals surface area contributed by atoms with Gasteiger partial charge in [0, 0.05) is 17.8 Å². The summed E-state index contributed by atoms with van der Waals surface area (Å²) in [5, 5.41) is 2.96. The van der Waals surface area contributed by atoms with Crippen LogP contribution in [0.15, 0.2) is 47.4 Å². The number of fused-ring (bicyclic) bond motifs is 1. The Bertz CT molecular complexity index is 769. The van der Waals surface area contributed by atoms with E-state index in [2.05, 4.69) is 10.1 Å². The molecule has 0 unspecified atom stereocenters. The van der Waals surface area contributed by atoms with Crippen LogP contribution in [-0.2, 0) is 0 Å². The first kappa shape index (κ1) is 11.7. The van der Waals surface area contributed by atoms with E-state index >= 15 is 0 Å². The van der Waals surface area contributed by atoms with Crippen molar-refractivity contribution >= 4 is 5.65 Å². The number of aromatic amines is 1. The van der Waals surface area contributed by atoms with Crippen LogP contribution in [0.1, 0.15) is 25.5 Å². The van der Waals surface area contributed by atoms with E-state index in [1.165, 1.54) is 4.52 Å². The molecule has 2 aromatic heterocycles. The van der Waals surface area contributed by atoms with Gasteiger partial charge in [-0.05, 0) is 11.5 Å². The van der Waals surface area contributed by atoms with Gasteiger partial charge < -0.3 is 0 Å². The fourth-order valence-electron chi connectivity index (χ4n) is 2.12. The van der Waals surface area contributed by atoms with Gasteiger partial charge in [-0.25, -0.2) is 9.50 Å². The average molecular weight is 253 g/mol. The van der Waals surface area contributed by atoms with Crippen molar-refractivity contribution < 1.29 is 0 Å². The van der Waals surface area contributed by atoms with Crippen molar-refractivity contribution in [3.05, 3.63) is 58.6 Å². The fourth-order valence-corrected chi connectivity index (χ4v) is 2.12. The monoisotopic (exact) mass is 253 g/mol. The zero-order valence-corrected chi connectivity index (χ0v) is 10.9. The number of nitrogens with zero attached hydrogens (tertiary/aromatic N) is 2. The third-order valence-electron chi connectivity index (χ3n) is 3.19. The van der Waals surface area contributed by atoms with Gasteiger partial charge in [0.05, 0.1) is 5.69 Å². The van der Waals surface area contributed by atoms with E-state index in [9.17, 15) is 4.79 Å². The first-order chi connectivity index (χ1) is 9.16. The number of hydrogen-bond donors (Lipinski definition) is 1. The molecule has 0 fully saturated rings. The first-order valence-corrected chi connectivity index (χ1v) is 6.33. The quantitative estimate of drug-likeness (QED) is 0.763. The molecule has 0 spiro atoms. The third kappa shape index (κ3) is 1.95. The largest absolute Gasteiger partial charge is 0.296 e. The molecule has 1 N–H and O–H groups in total. The van der Waals surface area contributed by atoms with Crippen molar-refractivity contribution in [3.8, 4) is 11.1 Å². The van der Waals surface area contributed by atoms with Crippen molar-refractivity contribution in [1.82, 2.24) is 14.6 Å². The van der Waals surface area contributed by atoms with Crippen molar-refractivity contribution in [2.45, 2.75) is 19.8 Å². The summed E-state index contributed by atoms with van der Waals surface area (Å²) in [6.07, 6.45) is 1.82. The number of aromatic nitrogens is 3. The molecule has 0 atom stereocenters. The summed E-state index contributed by atoms with van der Waals surface area (Å²) in [5.41, 5.74) is 3.43. The lowest BCUT2D eigenvalue weighted by molar-refractivity contribution is 0.797. The fraction of sp³-hybridized carbons (Fsp3) is 0.200. The molecule has 0 aliphatic heterocycles. The molecular weight excluding hydrogens is 238 g/mol. The molecule has 0 radical (unpaired) electrons. The minimum absolute atomic E-state index is 0.0733. The molecule has 4 heteroatoms. The smallest absolute Gasteiger partial charge is 0.272 e. The number of rotatable bonds is 2. The minimum Gasteiger partial charge on any atom is -0.296 e. The number of benzene rings is 1. The van der Waals surface area contributed by atoms with E-state index in [0.29, 0.717) is 5.65 Å². The molecule has 1 aromatic carbocycles. The highest BCUT2D eigenvalue weighted by Crippen LogP contribution is 2.23. The van der Waals surface area contributed by atoms with Crippen LogP contribution < -0.4 is 5.56 Å². The summed E-state index contributed by atoms with van der Waals surface area (Å²) in [6, 6.07) is 11.5. The maximum absolute atomic E-state index is 12.0. The lowest BCUT2D eigenvalue weighted by Gasteiger charge is -2.05.